The normalized spacial score (nSPS) is 21.9. The highest BCUT2D eigenvalue weighted by Crippen LogP contribution is 2.28. The molecule has 0 spiro atoms. The van der Waals surface area contributed by atoms with Crippen LogP contribution in [0, 0.1) is 6.92 Å². The lowest BCUT2D eigenvalue weighted by Gasteiger charge is -2.34. The highest BCUT2D eigenvalue weighted by Gasteiger charge is 2.33. The Labute approximate surface area is 131 Å². The topological polar surface area (TPSA) is 92.7 Å². The van der Waals surface area contributed by atoms with E-state index in [0.717, 1.165) is 0 Å². The van der Waals surface area contributed by atoms with Crippen molar-refractivity contribution in [1.29, 1.82) is 0 Å². The summed E-state index contributed by atoms with van der Waals surface area (Å²) in [6.07, 6.45) is 1.32. The maximum Gasteiger partial charge on any atom is 0.336 e. The van der Waals surface area contributed by atoms with E-state index in [1.54, 1.807) is 14.0 Å². The Bertz CT molecular complexity index is 667. The molecule has 1 saturated carbocycles. The number of ether oxygens (including phenoxy) is 1. The second-order valence-electron chi connectivity index (χ2n) is 5.03. The number of aromatic carboxylic acids is 1. The number of methoxy groups -OCH3 is 1. The molecule has 8 heteroatoms. The van der Waals surface area contributed by atoms with Gasteiger partial charge in [-0.25, -0.2) is 17.9 Å². The average molecular weight is 378 g/mol. The van der Waals surface area contributed by atoms with Gasteiger partial charge in [0.2, 0.25) is 10.0 Å². The average Bonchev–Trinajstić information content (AvgIpc) is 2.35. The minimum Gasteiger partial charge on any atom is -0.478 e. The molecule has 2 rings (SSSR count). The van der Waals surface area contributed by atoms with Crippen molar-refractivity contribution in [2.75, 3.05) is 7.11 Å². The van der Waals surface area contributed by atoms with E-state index in [2.05, 4.69) is 20.7 Å². The van der Waals surface area contributed by atoms with Crippen LogP contribution in [-0.2, 0) is 14.8 Å². The van der Waals surface area contributed by atoms with Gasteiger partial charge in [-0.15, -0.1) is 0 Å². The van der Waals surface area contributed by atoms with Crippen molar-refractivity contribution >= 4 is 31.9 Å². The van der Waals surface area contributed by atoms with Crippen LogP contribution in [0.25, 0.3) is 0 Å². The molecule has 0 bridgehead atoms. The number of carbonyl (C=O) groups is 1. The molecule has 1 aliphatic carbocycles. The van der Waals surface area contributed by atoms with Crippen LogP contribution in [0.15, 0.2) is 21.5 Å². The number of hydrogen-bond acceptors (Lipinski definition) is 4. The van der Waals surface area contributed by atoms with Gasteiger partial charge in [-0.2, -0.15) is 0 Å². The van der Waals surface area contributed by atoms with Gasteiger partial charge in [-0.1, -0.05) is 15.9 Å². The largest absolute Gasteiger partial charge is 0.478 e. The molecule has 6 nitrogen and oxygen atoms in total. The number of hydrogen-bond donors (Lipinski definition) is 2. The maximum atomic E-state index is 12.3. The first-order valence-electron chi connectivity index (χ1n) is 6.33. The van der Waals surface area contributed by atoms with Gasteiger partial charge in [0.05, 0.1) is 16.6 Å². The van der Waals surface area contributed by atoms with E-state index in [9.17, 15) is 13.2 Å². The van der Waals surface area contributed by atoms with Crippen molar-refractivity contribution in [3.8, 4) is 0 Å². The monoisotopic (exact) mass is 377 g/mol. The van der Waals surface area contributed by atoms with Crippen molar-refractivity contribution in [3.05, 3.63) is 27.7 Å². The molecule has 1 aromatic carbocycles. The van der Waals surface area contributed by atoms with Crippen molar-refractivity contribution in [1.82, 2.24) is 4.72 Å². The summed E-state index contributed by atoms with van der Waals surface area (Å²) < 4.78 is 32.7. The minimum atomic E-state index is -3.75. The summed E-state index contributed by atoms with van der Waals surface area (Å²) >= 11 is 3.20. The summed E-state index contributed by atoms with van der Waals surface area (Å²) in [6.45, 7) is 1.62. The molecule has 2 N–H and O–H groups in total. The van der Waals surface area contributed by atoms with E-state index in [1.807, 2.05) is 0 Å². The van der Waals surface area contributed by atoms with Gasteiger partial charge in [0, 0.05) is 17.6 Å². The molecule has 0 saturated heterocycles. The van der Waals surface area contributed by atoms with E-state index in [4.69, 9.17) is 9.84 Å². The van der Waals surface area contributed by atoms with E-state index < -0.39 is 16.0 Å². The Kier molecular flexibility index (Phi) is 4.72. The molecule has 0 aliphatic heterocycles. The van der Waals surface area contributed by atoms with Crippen LogP contribution >= 0.6 is 15.9 Å². The minimum absolute atomic E-state index is 0.0341. The zero-order chi connectivity index (χ0) is 15.8. The molecule has 1 fully saturated rings. The van der Waals surface area contributed by atoms with Gasteiger partial charge < -0.3 is 9.84 Å². The second kappa shape index (κ2) is 6.04. The van der Waals surface area contributed by atoms with Gasteiger partial charge in [0.1, 0.15) is 0 Å². The fraction of sp³-hybridized carbons (Fsp3) is 0.462. The number of rotatable bonds is 5. The zero-order valence-electron chi connectivity index (χ0n) is 11.6. The molecule has 116 valence electrons. The molecule has 1 aromatic rings. The van der Waals surface area contributed by atoms with Crippen LogP contribution < -0.4 is 4.72 Å². The van der Waals surface area contributed by atoms with Crippen LogP contribution in [0.2, 0.25) is 0 Å². The fourth-order valence-corrected chi connectivity index (χ4v) is 4.10. The van der Waals surface area contributed by atoms with Crippen molar-refractivity contribution in [2.45, 2.75) is 36.8 Å². The predicted octanol–water partition coefficient (Wildman–Crippen LogP) is 1.91. The smallest absolute Gasteiger partial charge is 0.336 e. The Morgan fingerprint density at radius 3 is 2.57 bits per heavy atom. The van der Waals surface area contributed by atoms with Gasteiger partial charge >= 0.3 is 5.97 Å². The summed E-state index contributed by atoms with van der Waals surface area (Å²) in [7, 11) is -2.16. The second-order valence-corrected chi connectivity index (χ2v) is 7.60. The molecule has 0 unspecified atom stereocenters. The quantitative estimate of drug-likeness (QED) is 0.817. The molecule has 1 aliphatic rings. The third-order valence-corrected chi connectivity index (χ3v) is 5.93. The van der Waals surface area contributed by atoms with E-state index >= 15 is 0 Å². The first-order chi connectivity index (χ1) is 9.74. The molecule has 0 heterocycles. The summed E-state index contributed by atoms with van der Waals surface area (Å²) in [6, 6.07) is 2.42. The van der Waals surface area contributed by atoms with Crippen molar-refractivity contribution in [2.24, 2.45) is 0 Å². The lowest BCUT2D eigenvalue weighted by molar-refractivity contribution is 0.0236. The SMILES string of the molecule is COC1CC(NS(=O)(=O)c2cc(Br)c(C)c(C(=O)O)c2)C1. The molecular formula is C13H16BrNO5S. The van der Waals surface area contributed by atoms with Gasteiger partial charge in [0.15, 0.2) is 0 Å². The lowest BCUT2D eigenvalue weighted by Crippen LogP contribution is -2.47. The van der Waals surface area contributed by atoms with Crippen LogP contribution in [0.5, 0.6) is 0 Å². The lowest BCUT2D eigenvalue weighted by atomic mass is 9.90. The fourth-order valence-electron chi connectivity index (χ4n) is 2.17. The number of carboxylic acid groups (broad SMARTS) is 1. The first kappa shape index (κ1) is 16.4. The van der Waals surface area contributed by atoms with Crippen LogP contribution in [0.3, 0.4) is 0 Å². The summed E-state index contributed by atoms with van der Waals surface area (Å²) in [4.78, 5) is 11.1. The van der Waals surface area contributed by atoms with E-state index in [0.29, 0.717) is 22.9 Å². The van der Waals surface area contributed by atoms with E-state index in [-0.39, 0.29) is 22.6 Å². The summed E-state index contributed by atoms with van der Waals surface area (Å²) in [5, 5.41) is 9.13. The zero-order valence-corrected chi connectivity index (χ0v) is 14.0. The van der Waals surface area contributed by atoms with Crippen LogP contribution in [-0.4, -0.2) is 38.7 Å². The number of benzene rings is 1. The number of nitrogens with one attached hydrogen (secondary N) is 1. The van der Waals surface area contributed by atoms with Crippen molar-refractivity contribution in [3.63, 3.8) is 0 Å². The van der Waals surface area contributed by atoms with Crippen LogP contribution in [0.4, 0.5) is 0 Å². The molecule has 0 amide bonds. The molecule has 21 heavy (non-hydrogen) atoms. The Hall–Kier alpha value is -0.960. The highest BCUT2D eigenvalue weighted by atomic mass is 79.9. The Morgan fingerprint density at radius 2 is 2.05 bits per heavy atom. The van der Waals surface area contributed by atoms with E-state index in [1.165, 1.54) is 12.1 Å². The molecule has 0 radical (unpaired) electrons. The highest BCUT2D eigenvalue weighted by molar-refractivity contribution is 9.10. The first-order valence-corrected chi connectivity index (χ1v) is 8.60. The Morgan fingerprint density at radius 1 is 1.43 bits per heavy atom. The van der Waals surface area contributed by atoms with Crippen LogP contribution in [0.1, 0.15) is 28.8 Å². The third-order valence-electron chi connectivity index (χ3n) is 3.61. The molecule has 0 atom stereocenters. The van der Waals surface area contributed by atoms with Crippen molar-refractivity contribution < 1.29 is 23.1 Å². The third kappa shape index (κ3) is 3.45. The number of halogens is 1. The summed E-state index contributed by atoms with van der Waals surface area (Å²) in [5.74, 6) is -1.16. The predicted molar refractivity (Wildman–Crippen MR) is 80.0 cm³/mol. The summed E-state index contributed by atoms with van der Waals surface area (Å²) in [5.41, 5.74) is 0.456. The standard InChI is InChI=1S/C13H16BrNO5S/c1-7-11(13(16)17)5-10(6-12(7)14)21(18,19)15-8-3-9(4-8)20-2/h5-6,8-9,15H,3-4H2,1-2H3,(H,16,17). The van der Waals surface area contributed by atoms with Gasteiger partial charge in [-0.05, 0) is 37.5 Å². The number of sulfonamides is 1. The molecular weight excluding hydrogens is 362 g/mol. The van der Waals surface area contributed by atoms with Gasteiger partial charge in [-0.3, -0.25) is 0 Å². The van der Waals surface area contributed by atoms with Gasteiger partial charge in [0.25, 0.3) is 0 Å². The maximum absolute atomic E-state index is 12.3. The molecule has 0 aromatic heterocycles. The Balaban J connectivity index is 2.26. The number of carboxylic acids is 1.